The molecule has 3 aromatic rings. The molecule has 114 valence electrons. The van der Waals surface area contributed by atoms with Crippen molar-refractivity contribution in [1.82, 2.24) is 10.5 Å². The molecule has 0 radical (unpaired) electrons. The van der Waals surface area contributed by atoms with Gasteiger partial charge >= 0.3 is 0 Å². The summed E-state index contributed by atoms with van der Waals surface area (Å²) in [5.41, 5.74) is 2.75. The number of carbonyl (C=O) groups excluding carboxylic acids is 1. The number of nitrogens with one attached hydrogen (secondary N) is 1. The van der Waals surface area contributed by atoms with E-state index in [1.54, 1.807) is 22.7 Å². The van der Waals surface area contributed by atoms with Gasteiger partial charge in [0.1, 0.15) is 5.76 Å². The van der Waals surface area contributed by atoms with E-state index in [2.05, 4.69) is 15.9 Å². The summed E-state index contributed by atoms with van der Waals surface area (Å²) in [4.78, 5) is 13.6. The zero-order valence-corrected chi connectivity index (χ0v) is 14.0. The molecule has 0 saturated heterocycles. The number of aromatic nitrogens is 1. The average molecular weight is 332 g/mol. The smallest absolute Gasteiger partial charge is 0.225 e. The first-order valence-electron chi connectivity index (χ1n) is 6.91. The maximum Gasteiger partial charge on any atom is 0.225 e. The van der Waals surface area contributed by atoms with E-state index < -0.39 is 0 Å². The minimum Gasteiger partial charge on any atom is -0.361 e. The lowest BCUT2D eigenvalue weighted by Crippen LogP contribution is -2.30. The number of hydrogen-bond donors (Lipinski definition) is 1. The molecule has 0 unspecified atom stereocenters. The average Bonchev–Trinajstić information content (AvgIpc) is 3.23. The fourth-order valence-electron chi connectivity index (χ4n) is 2.34. The number of thiophene rings is 2. The molecule has 0 spiro atoms. The molecule has 6 heteroatoms. The summed E-state index contributed by atoms with van der Waals surface area (Å²) >= 11 is 3.28. The molecule has 3 aromatic heterocycles. The van der Waals surface area contributed by atoms with Gasteiger partial charge in [-0.1, -0.05) is 11.2 Å². The summed E-state index contributed by atoms with van der Waals surface area (Å²) < 4.78 is 5.12. The predicted octanol–water partition coefficient (Wildman–Crippen LogP) is 3.86. The van der Waals surface area contributed by atoms with Crippen LogP contribution < -0.4 is 5.32 Å². The maximum atomic E-state index is 12.4. The van der Waals surface area contributed by atoms with Crippen LogP contribution in [0, 0.1) is 13.8 Å². The van der Waals surface area contributed by atoms with Crippen LogP contribution in [0.25, 0.3) is 0 Å². The normalized spacial score (nSPS) is 12.3. The molecule has 0 saturated carbocycles. The highest BCUT2D eigenvalue weighted by molar-refractivity contribution is 7.10. The third-order valence-electron chi connectivity index (χ3n) is 3.53. The van der Waals surface area contributed by atoms with Crippen molar-refractivity contribution < 1.29 is 9.32 Å². The molecule has 0 aliphatic heterocycles. The van der Waals surface area contributed by atoms with Gasteiger partial charge in [-0.2, -0.15) is 11.3 Å². The largest absolute Gasteiger partial charge is 0.361 e. The highest BCUT2D eigenvalue weighted by Gasteiger charge is 2.20. The van der Waals surface area contributed by atoms with Gasteiger partial charge in [-0.05, 0) is 47.7 Å². The van der Waals surface area contributed by atoms with Crippen LogP contribution in [0.5, 0.6) is 0 Å². The summed E-state index contributed by atoms with van der Waals surface area (Å²) in [6.07, 6.45) is 0.285. The second kappa shape index (κ2) is 6.46. The lowest BCUT2D eigenvalue weighted by molar-refractivity contribution is -0.120. The van der Waals surface area contributed by atoms with Crippen LogP contribution in [0.4, 0.5) is 0 Å². The number of nitrogens with zero attached hydrogens (tertiary/aromatic N) is 1. The lowest BCUT2D eigenvalue weighted by atomic mass is 10.1. The molecule has 4 nitrogen and oxygen atoms in total. The van der Waals surface area contributed by atoms with E-state index in [9.17, 15) is 4.79 Å². The van der Waals surface area contributed by atoms with Gasteiger partial charge in [-0.15, -0.1) is 11.3 Å². The van der Waals surface area contributed by atoms with Gasteiger partial charge in [0.15, 0.2) is 0 Å². The van der Waals surface area contributed by atoms with Gasteiger partial charge in [-0.3, -0.25) is 4.79 Å². The highest BCUT2D eigenvalue weighted by Crippen LogP contribution is 2.27. The highest BCUT2D eigenvalue weighted by atomic mass is 32.1. The van der Waals surface area contributed by atoms with Gasteiger partial charge in [0, 0.05) is 10.4 Å². The van der Waals surface area contributed by atoms with Crippen molar-refractivity contribution in [3.63, 3.8) is 0 Å². The predicted molar refractivity (Wildman–Crippen MR) is 88.3 cm³/mol. The molecule has 3 rings (SSSR count). The fourth-order valence-corrected chi connectivity index (χ4v) is 3.83. The van der Waals surface area contributed by atoms with Crippen LogP contribution in [0.2, 0.25) is 0 Å². The SMILES string of the molecule is Cc1noc(C)c1CC(=O)N[C@H](c1ccsc1)c1cccs1. The Hall–Kier alpha value is -1.92. The zero-order valence-electron chi connectivity index (χ0n) is 12.3. The summed E-state index contributed by atoms with van der Waals surface area (Å²) in [6, 6.07) is 5.99. The van der Waals surface area contributed by atoms with Crippen molar-refractivity contribution in [2.75, 3.05) is 0 Å². The number of rotatable bonds is 5. The van der Waals surface area contributed by atoms with Gasteiger partial charge in [0.05, 0.1) is 18.2 Å². The van der Waals surface area contributed by atoms with Crippen molar-refractivity contribution in [1.29, 1.82) is 0 Å². The van der Waals surface area contributed by atoms with Crippen LogP contribution in [0.1, 0.15) is 33.5 Å². The fraction of sp³-hybridized carbons (Fsp3) is 0.250. The molecule has 1 atom stereocenters. The lowest BCUT2D eigenvalue weighted by Gasteiger charge is -2.16. The molecule has 22 heavy (non-hydrogen) atoms. The van der Waals surface area contributed by atoms with Crippen molar-refractivity contribution in [2.24, 2.45) is 0 Å². The van der Waals surface area contributed by atoms with Gasteiger partial charge in [0.25, 0.3) is 0 Å². The summed E-state index contributed by atoms with van der Waals surface area (Å²) in [6.45, 7) is 3.69. The van der Waals surface area contributed by atoms with E-state index >= 15 is 0 Å². The number of hydrogen-bond acceptors (Lipinski definition) is 5. The van der Waals surface area contributed by atoms with Gasteiger partial charge in [0.2, 0.25) is 5.91 Å². The summed E-state index contributed by atoms with van der Waals surface area (Å²) in [7, 11) is 0. The first-order chi connectivity index (χ1) is 10.6. The topological polar surface area (TPSA) is 55.1 Å². The van der Waals surface area contributed by atoms with E-state index in [-0.39, 0.29) is 18.4 Å². The Labute approximate surface area is 136 Å². The third kappa shape index (κ3) is 3.13. The van der Waals surface area contributed by atoms with Crippen LogP contribution in [-0.4, -0.2) is 11.1 Å². The Bertz CT molecular complexity index is 692. The van der Waals surface area contributed by atoms with Crippen LogP contribution in [0.15, 0.2) is 38.9 Å². The number of carbonyl (C=O) groups is 1. The van der Waals surface area contributed by atoms with E-state index in [0.717, 1.165) is 21.7 Å². The molecule has 0 aliphatic carbocycles. The molecule has 0 fully saturated rings. The molecule has 1 N–H and O–H groups in total. The summed E-state index contributed by atoms with van der Waals surface area (Å²) in [5, 5.41) is 13.1. The Morgan fingerprint density at radius 3 is 2.82 bits per heavy atom. The van der Waals surface area contributed by atoms with Crippen LogP contribution in [-0.2, 0) is 11.2 Å². The second-order valence-electron chi connectivity index (χ2n) is 5.05. The van der Waals surface area contributed by atoms with Crippen molar-refractivity contribution in [3.05, 3.63) is 61.8 Å². The Kier molecular flexibility index (Phi) is 4.40. The summed E-state index contributed by atoms with van der Waals surface area (Å²) in [5.74, 6) is 0.676. The monoisotopic (exact) mass is 332 g/mol. The van der Waals surface area contributed by atoms with Crippen molar-refractivity contribution in [3.8, 4) is 0 Å². The van der Waals surface area contributed by atoms with E-state index in [1.807, 2.05) is 42.8 Å². The molecular formula is C16H16N2O2S2. The first kappa shape index (κ1) is 15.0. The molecule has 0 aliphatic rings. The van der Waals surface area contributed by atoms with Crippen molar-refractivity contribution in [2.45, 2.75) is 26.3 Å². The number of aryl methyl sites for hydroxylation is 2. The minimum absolute atomic E-state index is 0.0287. The van der Waals surface area contributed by atoms with Crippen LogP contribution in [0.3, 0.4) is 0 Å². The Morgan fingerprint density at radius 2 is 2.23 bits per heavy atom. The Balaban J connectivity index is 1.78. The standard InChI is InChI=1S/C16H16N2O2S2/c1-10-13(11(2)20-18-10)8-15(19)17-16(12-5-7-21-9-12)14-4-3-6-22-14/h3-7,9,16H,8H2,1-2H3,(H,17,19)/t16-/m1/s1. The first-order valence-corrected chi connectivity index (χ1v) is 8.74. The molecule has 0 bridgehead atoms. The van der Waals surface area contributed by atoms with Crippen molar-refractivity contribution >= 4 is 28.6 Å². The quantitative estimate of drug-likeness (QED) is 0.772. The zero-order chi connectivity index (χ0) is 15.5. The maximum absolute atomic E-state index is 12.4. The van der Waals surface area contributed by atoms with E-state index in [1.165, 1.54) is 0 Å². The minimum atomic E-state index is -0.0979. The van der Waals surface area contributed by atoms with Crippen LogP contribution >= 0.6 is 22.7 Å². The second-order valence-corrected chi connectivity index (χ2v) is 6.81. The van der Waals surface area contributed by atoms with Gasteiger partial charge in [-0.25, -0.2) is 0 Å². The Morgan fingerprint density at radius 1 is 1.36 bits per heavy atom. The van der Waals surface area contributed by atoms with E-state index in [0.29, 0.717) is 5.76 Å². The number of amides is 1. The molecule has 1 amide bonds. The third-order valence-corrected chi connectivity index (χ3v) is 5.17. The molecule has 0 aromatic carbocycles. The molecule has 3 heterocycles. The molecular weight excluding hydrogens is 316 g/mol. The van der Waals surface area contributed by atoms with E-state index in [4.69, 9.17) is 4.52 Å². The van der Waals surface area contributed by atoms with Gasteiger partial charge < -0.3 is 9.84 Å².